The number of anilines is 2. The predicted molar refractivity (Wildman–Crippen MR) is 87.0 cm³/mol. The minimum absolute atomic E-state index is 0.0677. The fraction of sp³-hybridized carbons (Fsp3) is 0.133. The summed E-state index contributed by atoms with van der Waals surface area (Å²) in [4.78, 5) is 11.3. The molecule has 1 amide bonds. The van der Waals surface area contributed by atoms with E-state index in [-0.39, 0.29) is 12.5 Å². The quantitative estimate of drug-likeness (QED) is 0.860. The molecule has 108 valence electrons. The number of hydrogen-bond acceptors (Lipinski definition) is 3. The highest BCUT2D eigenvalue weighted by Gasteiger charge is 2.15. The zero-order chi connectivity index (χ0) is 14.8. The van der Waals surface area contributed by atoms with E-state index in [4.69, 9.17) is 16.3 Å². The van der Waals surface area contributed by atoms with E-state index < -0.39 is 0 Å². The molecule has 2 aromatic carbocycles. The SMILES string of the molecule is O=C1COc2ccc(CNc3cc(Br)ccc3Cl)cc2N1. The standard InChI is InChI=1S/C15H12BrClN2O2/c16-10-2-3-11(17)12(6-10)18-7-9-1-4-14-13(5-9)19-15(20)8-21-14/h1-6,18H,7-8H2,(H,19,20). The van der Waals surface area contributed by atoms with Gasteiger partial charge in [-0.15, -0.1) is 0 Å². The minimum atomic E-state index is -0.136. The molecule has 0 radical (unpaired) electrons. The maximum atomic E-state index is 11.3. The maximum Gasteiger partial charge on any atom is 0.262 e. The summed E-state index contributed by atoms with van der Waals surface area (Å²) in [6, 6.07) is 11.3. The Hall–Kier alpha value is -1.72. The molecule has 0 unspecified atom stereocenters. The lowest BCUT2D eigenvalue weighted by molar-refractivity contribution is -0.118. The van der Waals surface area contributed by atoms with Gasteiger partial charge in [0.25, 0.3) is 5.91 Å². The molecular weight excluding hydrogens is 356 g/mol. The molecule has 0 saturated heterocycles. The maximum absolute atomic E-state index is 11.3. The third-order valence-electron chi connectivity index (χ3n) is 3.09. The summed E-state index contributed by atoms with van der Waals surface area (Å²) < 4.78 is 6.29. The zero-order valence-corrected chi connectivity index (χ0v) is 13.3. The van der Waals surface area contributed by atoms with Gasteiger partial charge in [0.05, 0.1) is 16.4 Å². The van der Waals surface area contributed by atoms with E-state index in [9.17, 15) is 4.79 Å². The number of amides is 1. The summed E-state index contributed by atoms with van der Waals surface area (Å²) in [7, 11) is 0. The van der Waals surface area contributed by atoms with Crippen molar-refractivity contribution in [2.24, 2.45) is 0 Å². The summed E-state index contributed by atoms with van der Waals surface area (Å²) in [5, 5.41) is 6.73. The lowest BCUT2D eigenvalue weighted by atomic mass is 10.1. The molecule has 0 aromatic heterocycles. The van der Waals surface area contributed by atoms with E-state index in [1.807, 2.05) is 36.4 Å². The normalized spacial score (nSPS) is 13.1. The fourth-order valence-corrected chi connectivity index (χ4v) is 2.62. The van der Waals surface area contributed by atoms with Crippen LogP contribution in [0.3, 0.4) is 0 Å². The van der Waals surface area contributed by atoms with Crippen LogP contribution in [0, 0.1) is 0 Å². The van der Waals surface area contributed by atoms with Gasteiger partial charge in [0.1, 0.15) is 5.75 Å². The largest absolute Gasteiger partial charge is 0.482 e. The molecule has 0 fully saturated rings. The van der Waals surface area contributed by atoms with Gasteiger partial charge in [0.15, 0.2) is 6.61 Å². The summed E-state index contributed by atoms with van der Waals surface area (Å²) in [5.41, 5.74) is 2.57. The van der Waals surface area contributed by atoms with Gasteiger partial charge in [0.2, 0.25) is 0 Å². The number of hydrogen-bond donors (Lipinski definition) is 2. The monoisotopic (exact) mass is 366 g/mol. The Kier molecular flexibility index (Phi) is 4.03. The number of nitrogens with one attached hydrogen (secondary N) is 2. The van der Waals surface area contributed by atoms with Crippen LogP contribution in [0.4, 0.5) is 11.4 Å². The number of rotatable bonds is 3. The zero-order valence-electron chi connectivity index (χ0n) is 11.0. The van der Waals surface area contributed by atoms with Crippen molar-refractivity contribution in [1.29, 1.82) is 0 Å². The van der Waals surface area contributed by atoms with Gasteiger partial charge in [-0.3, -0.25) is 4.79 Å². The van der Waals surface area contributed by atoms with Crippen LogP contribution in [0.5, 0.6) is 5.75 Å². The molecule has 2 N–H and O–H groups in total. The van der Waals surface area contributed by atoms with Gasteiger partial charge < -0.3 is 15.4 Å². The topological polar surface area (TPSA) is 50.4 Å². The van der Waals surface area contributed by atoms with E-state index in [0.29, 0.717) is 23.0 Å². The smallest absolute Gasteiger partial charge is 0.262 e. The van der Waals surface area contributed by atoms with Crippen LogP contribution in [-0.4, -0.2) is 12.5 Å². The minimum Gasteiger partial charge on any atom is -0.482 e. The van der Waals surface area contributed by atoms with Crippen LogP contribution in [0.15, 0.2) is 40.9 Å². The number of benzene rings is 2. The number of ether oxygens (including phenoxy) is 1. The molecule has 3 rings (SSSR count). The van der Waals surface area contributed by atoms with Crippen molar-refractivity contribution in [1.82, 2.24) is 0 Å². The van der Waals surface area contributed by atoms with Gasteiger partial charge in [-0.05, 0) is 35.9 Å². The van der Waals surface area contributed by atoms with Crippen molar-refractivity contribution in [3.63, 3.8) is 0 Å². The molecule has 0 spiro atoms. The van der Waals surface area contributed by atoms with Crippen molar-refractivity contribution < 1.29 is 9.53 Å². The fourth-order valence-electron chi connectivity index (χ4n) is 2.07. The molecule has 6 heteroatoms. The summed E-state index contributed by atoms with van der Waals surface area (Å²) in [5.74, 6) is 0.557. The predicted octanol–water partition coefficient (Wildman–Crippen LogP) is 4.05. The molecule has 1 heterocycles. The van der Waals surface area contributed by atoms with Crippen LogP contribution in [0.25, 0.3) is 0 Å². The second-order valence-electron chi connectivity index (χ2n) is 4.65. The van der Waals surface area contributed by atoms with Crippen LogP contribution >= 0.6 is 27.5 Å². The number of fused-ring (bicyclic) bond motifs is 1. The van der Waals surface area contributed by atoms with Crippen LogP contribution in [0.1, 0.15) is 5.56 Å². The van der Waals surface area contributed by atoms with Gasteiger partial charge in [-0.25, -0.2) is 0 Å². The van der Waals surface area contributed by atoms with Crippen LogP contribution in [-0.2, 0) is 11.3 Å². The van der Waals surface area contributed by atoms with E-state index in [2.05, 4.69) is 26.6 Å². The first-order valence-corrected chi connectivity index (χ1v) is 7.53. The molecular formula is C15H12BrClN2O2. The van der Waals surface area contributed by atoms with E-state index in [1.165, 1.54) is 0 Å². The lowest BCUT2D eigenvalue weighted by Crippen LogP contribution is -2.25. The Bertz CT molecular complexity index is 706. The van der Waals surface area contributed by atoms with Crippen molar-refractivity contribution >= 4 is 44.8 Å². The molecule has 0 atom stereocenters. The molecule has 21 heavy (non-hydrogen) atoms. The van der Waals surface area contributed by atoms with Crippen molar-refractivity contribution in [2.75, 3.05) is 17.2 Å². The number of carbonyl (C=O) groups is 1. The molecule has 0 aliphatic carbocycles. The molecule has 1 aliphatic rings. The Morgan fingerprint density at radius 1 is 1.29 bits per heavy atom. The molecule has 0 saturated carbocycles. The molecule has 0 bridgehead atoms. The van der Waals surface area contributed by atoms with Gasteiger partial charge in [-0.1, -0.05) is 33.6 Å². The Balaban J connectivity index is 1.75. The first-order valence-electron chi connectivity index (χ1n) is 6.36. The number of carbonyl (C=O) groups excluding carboxylic acids is 1. The van der Waals surface area contributed by atoms with Gasteiger partial charge >= 0.3 is 0 Å². The Morgan fingerprint density at radius 2 is 2.14 bits per heavy atom. The van der Waals surface area contributed by atoms with E-state index in [1.54, 1.807) is 0 Å². The van der Waals surface area contributed by atoms with Gasteiger partial charge in [0, 0.05) is 11.0 Å². The Morgan fingerprint density at radius 3 is 3.00 bits per heavy atom. The van der Waals surface area contributed by atoms with Gasteiger partial charge in [-0.2, -0.15) is 0 Å². The highest BCUT2D eigenvalue weighted by atomic mass is 79.9. The van der Waals surface area contributed by atoms with Crippen molar-refractivity contribution in [2.45, 2.75) is 6.54 Å². The first-order chi connectivity index (χ1) is 10.1. The second kappa shape index (κ2) is 5.95. The van der Waals surface area contributed by atoms with E-state index >= 15 is 0 Å². The van der Waals surface area contributed by atoms with E-state index in [0.717, 1.165) is 15.7 Å². The third kappa shape index (κ3) is 3.31. The number of halogens is 2. The van der Waals surface area contributed by atoms with Crippen molar-refractivity contribution in [3.05, 3.63) is 51.5 Å². The third-order valence-corrected chi connectivity index (χ3v) is 3.91. The molecule has 4 nitrogen and oxygen atoms in total. The average Bonchev–Trinajstić information content (AvgIpc) is 2.47. The molecule has 2 aromatic rings. The summed E-state index contributed by atoms with van der Waals surface area (Å²) in [6.45, 7) is 0.664. The van der Waals surface area contributed by atoms with Crippen LogP contribution in [0.2, 0.25) is 5.02 Å². The summed E-state index contributed by atoms with van der Waals surface area (Å²) in [6.07, 6.45) is 0. The summed E-state index contributed by atoms with van der Waals surface area (Å²) >= 11 is 9.55. The highest BCUT2D eigenvalue weighted by molar-refractivity contribution is 9.10. The molecule has 1 aliphatic heterocycles. The average molecular weight is 368 g/mol. The van der Waals surface area contributed by atoms with Crippen molar-refractivity contribution in [3.8, 4) is 5.75 Å². The lowest BCUT2D eigenvalue weighted by Gasteiger charge is -2.18. The Labute approximate surface area is 135 Å². The first kappa shape index (κ1) is 14.2. The highest BCUT2D eigenvalue weighted by Crippen LogP contribution is 2.30. The van der Waals surface area contributed by atoms with Crippen LogP contribution < -0.4 is 15.4 Å². The second-order valence-corrected chi connectivity index (χ2v) is 5.97.